The van der Waals surface area contributed by atoms with E-state index in [9.17, 15) is 8.78 Å². The quantitative estimate of drug-likeness (QED) is 0.664. The van der Waals surface area contributed by atoms with Crippen LogP contribution in [-0.4, -0.2) is 0 Å². The van der Waals surface area contributed by atoms with Crippen molar-refractivity contribution in [2.45, 2.75) is 26.3 Å². The molecule has 2 aromatic rings. The maximum atomic E-state index is 13.7. The molecular formula is C16H18F2N2. The van der Waals surface area contributed by atoms with Crippen LogP contribution in [0.5, 0.6) is 0 Å². The Balaban J connectivity index is 2.31. The SMILES string of the molecule is Cc1ccc(C)c(C(Cc2ccc(F)cc2F)NN)c1. The minimum atomic E-state index is -0.574. The lowest BCUT2D eigenvalue weighted by Gasteiger charge is -2.19. The molecule has 2 nitrogen and oxygen atoms in total. The molecule has 1 atom stereocenters. The van der Waals surface area contributed by atoms with Crippen LogP contribution in [0.25, 0.3) is 0 Å². The van der Waals surface area contributed by atoms with Gasteiger partial charge in [0.1, 0.15) is 11.6 Å². The molecule has 0 spiro atoms. The second-order valence-electron chi connectivity index (χ2n) is 5.02. The number of hydrogen-bond acceptors (Lipinski definition) is 2. The lowest BCUT2D eigenvalue weighted by atomic mass is 9.94. The Morgan fingerprint density at radius 3 is 2.50 bits per heavy atom. The van der Waals surface area contributed by atoms with E-state index >= 15 is 0 Å². The average molecular weight is 276 g/mol. The Morgan fingerprint density at radius 2 is 1.85 bits per heavy atom. The summed E-state index contributed by atoms with van der Waals surface area (Å²) in [6, 6.07) is 9.46. The van der Waals surface area contributed by atoms with Crippen LogP contribution in [0, 0.1) is 25.5 Å². The molecule has 0 saturated carbocycles. The third-order valence-electron chi connectivity index (χ3n) is 3.45. The second kappa shape index (κ2) is 6.11. The summed E-state index contributed by atoms with van der Waals surface area (Å²) in [6.45, 7) is 3.98. The van der Waals surface area contributed by atoms with Crippen LogP contribution in [0.2, 0.25) is 0 Å². The predicted octanol–water partition coefficient (Wildman–Crippen LogP) is 3.33. The van der Waals surface area contributed by atoms with Crippen molar-refractivity contribution < 1.29 is 8.78 Å². The van der Waals surface area contributed by atoms with Gasteiger partial charge in [0.05, 0.1) is 6.04 Å². The first-order valence-electron chi connectivity index (χ1n) is 6.48. The fraction of sp³-hybridized carbons (Fsp3) is 0.250. The van der Waals surface area contributed by atoms with Gasteiger partial charge in [0, 0.05) is 6.07 Å². The first-order chi connectivity index (χ1) is 9.51. The van der Waals surface area contributed by atoms with Crippen molar-refractivity contribution in [2.24, 2.45) is 5.84 Å². The zero-order chi connectivity index (χ0) is 14.7. The van der Waals surface area contributed by atoms with Crippen LogP contribution in [-0.2, 0) is 6.42 Å². The standard InChI is InChI=1S/C16H18F2N2/c1-10-3-4-11(2)14(7-10)16(20-19)8-12-5-6-13(17)9-15(12)18/h3-7,9,16,20H,8,19H2,1-2H3. The number of benzene rings is 2. The van der Waals surface area contributed by atoms with Gasteiger partial charge in [-0.05, 0) is 43.0 Å². The molecule has 0 fully saturated rings. The van der Waals surface area contributed by atoms with E-state index in [0.717, 1.165) is 22.8 Å². The largest absolute Gasteiger partial charge is 0.271 e. The molecule has 2 aromatic carbocycles. The van der Waals surface area contributed by atoms with Gasteiger partial charge in [0.15, 0.2) is 0 Å². The number of hydrogen-bond donors (Lipinski definition) is 2. The van der Waals surface area contributed by atoms with E-state index in [1.807, 2.05) is 32.0 Å². The van der Waals surface area contributed by atoms with Crippen molar-refractivity contribution in [3.63, 3.8) is 0 Å². The summed E-state index contributed by atoms with van der Waals surface area (Å²) in [5, 5.41) is 0. The second-order valence-corrected chi connectivity index (χ2v) is 5.02. The molecule has 0 aliphatic carbocycles. The molecule has 0 aliphatic rings. The highest BCUT2D eigenvalue weighted by Crippen LogP contribution is 2.23. The molecule has 1 unspecified atom stereocenters. The minimum Gasteiger partial charge on any atom is -0.271 e. The van der Waals surface area contributed by atoms with Gasteiger partial charge < -0.3 is 0 Å². The number of aryl methyl sites for hydroxylation is 2. The van der Waals surface area contributed by atoms with Crippen molar-refractivity contribution in [3.8, 4) is 0 Å². The molecular weight excluding hydrogens is 258 g/mol. The van der Waals surface area contributed by atoms with Gasteiger partial charge in [-0.25, -0.2) is 8.78 Å². The van der Waals surface area contributed by atoms with Crippen molar-refractivity contribution >= 4 is 0 Å². The summed E-state index contributed by atoms with van der Waals surface area (Å²) < 4.78 is 26.7. The van der Waals surface area contributed by atoms with E-state index in [4.69, 9.17) is 5.84 Å². The summed E-state index contributed by atoms with van der Waals surface area (Å²) in [4.78, 5) is 0. The van der Waals surface area contributed by atoms with Crippen LogP contribution in [0.1, 0.15) is 28.3 Å². The number of halogens is 2. The van der Waals surface area contributed by atoms with Gasteiger partial charge in [-0.15, -0.1) is 0 Å². The van der Waals surface area contributed by atoms with E-state index in [2.05, 4.69) is 5.43 Å². The highest BCUT2D eigenvalue weighted by molar-refractivity contribution is 5.34. The van der Waals surface area contributed by atoms with E-state index in [1.165, 1.54) is 12.1 Å². The van der Waals surface area contributed by atoms with Crippen molar-refractivity contribution in [1.29, 1.82) is 0 Å². The molecule has 0 radical (unpaired) electrons. The van der Waals surface area contributed by atoms with Gasteiger partial charge >= 0.3 is 0 Å². The molecule has 20 heavy (non-hydrogen) atoms. The van der Waals surface area contributed by atoms with Crippen LogP contribution in [0.4, 0.5) is 8.78 Å². The minimum absolute atomic E-state index is 0.213. The topological polar surface area (TPSA) is 38.0 Å². The number of nitrogens with two attached hydrogens (primary N) is 1. The van der Waals surface area contributed by atoms with Crippen LogP contribution in [0.3, 0.4) is 0 Å². The fourth-order valence-corrected chi connectivity index (χ4v) is 2.30. The normalized spacial score (nSPS) is 12.4. The molecule has 0 aliphatic heterocycles. The smallest absolute Gasteiger partial charge is 0.129 e. The van der Waals surface area contributed by atoms with E-state index in [0.29, 0.717) is 12.0 Å². The lowest BCUT2D eigenvalue weighted by molar-refractivity contribution is 0.520. The molecule has 2 rings (SSSR count). The molecule has 0 saturated heterocycles. The molecule has 0 bridgehead atoms. The van der Waals surface area contributed by atoms with Crippen molar-refractivity contribution in [1.82, 2.24) is 5.43 Å². The highest BCUT2D eigenvalue weighted by atomic mass is 19.1. The Bertz CT molecular complexity index is 611. The third kappa shape index (κ3) is 3.21. The molecule has 0 aromatic heterocycles. The summed E-state index contributed by atoms with van der Waals surface area (Å²) >= 11 is 0. The number of rotatable bonds is 4. The maximum Gasteiger partial charge on any atom is 0.129 e. The van der Waals surface area contributed by atoms with Crippen LogP contribution >= 0.6 is 0 Å². The maximum absolute atomic E-state index is 13.7. The van der Waals surface area contributed by atoms with E-state index < -0.39 is 11.6 Å². The van der Waals surface area contributed by atoms with E-state index in [1.54, 1.807) is 0 Å². The zero-order valence-electron chi connectivity index (χ0n) is 11.6. The Labute approximate surface area is 117 Å². The van der Waals surface area contributed by atoms with Gasteiger partial charge in [-0.3, -0.25) is 11.3 Å². The van der Waals surface area contributed by atoms with Gasteiger partial charge in [-0.2, -0.15) is 0 Å². The number of hydrazine groups is 1. The van der Waals surface area contributed by atoms with Gasteiger partial charge in [-0.1, -0.05) is 29.8 Å². The van der Waals surface area contributed by atoms with E-state index in [-0.39, 0.29) is 6.04 Å². The summed E-state index contributed by atoms with van der Waals surface area (Å²) in [5.74, 6) is 4.49. The van der Waals surface area contributed by atoms with Crippen molar-refractivity contribution in [2.75, 3.05) is 0 Å². The first kappa shape index (κ1) is 14.6. The Morgan fingerprint density at radius 1 is 1.10 bits per heavy atom. The third-order valence-corrected chi connectivity index (χ3v) is 3.45. The summed E-state index contributed by atoms with van der Waals surface area (Å²) in [5.41, 5.74) is 6.38. The van der Waals surface area contributed by atoms with Gasteiger partial charge in [0.2, 0.25) is 0 Å². The van der Waals surface area contributed by atoms with Crippen LogP contribution < -0.4 is 11.3 Å². The van der Waals surface area contributed by atoms with Gasteiger partial charge in [0.25, 0.3) is 0 Å². The van der Waals surface area contributed by atoms with Crippen molar-refractivity contribution in [3.05, 3.63) is 70.3 Å². The molecule has 3 N–H and O–H groups in total. The monoisotopic (exact) mass is 276 g/mol. The summed E-state index contributed by atoms with van der Waals surface area (Å²) in [6.07, 6.45) is 0.368. The molecule has 4 heteroatoms. The molecule has 0 heterocycles. The lowest BCUT2D eigenvalue weighted by Crippen LogP contribution is -2.30. The molecule has 0 amide bonds. The van der Waals surface area contributed by atoms with Crippen LogP contribution in [0.15, 0.2) is 36.4 Å². The summed E-state index contributed by atoms with van der Waals surface area (Å²) in [7, 11) is 0. The number of nitrogens with one attached hydrogen (secondary N) is 1. The first-order valence-corrected chi connectivity index (χ1v) is 6.48. The Hall–Kier alpha value is -1.78. The average Bonchev–Trinajstić information content (AvgIpc) is 2.41. The molecule has 106 valence electrons. The Kier molecular flexibility index (Phi) is 4.47. The highest BCUT2D eigenvalue weighted by Gasteiger charge is 2.15. The zero-order valence-corrected chi connectivity index (χ0v) is 11.6. The fourth-order valence-electron chi connectivity index (χ4n) is 2.30. The predicted molar refractivity (Wildman–Crippen MR) is 76.0 cm³/mol.